The molecule has 2 aromatic carbocycles. The van der Waals surface area contributed by atoms with E-state index in [0.717, 1.165) is 24.0 Å². The third-order valence-corrected chi connectivity index (χ3v) is 6.78. The fraction of sp³-hybridized carbons (Fsp3) is 0.364. The van der Waals surface area contributed by atoms with E-state index in [-0.39, 0.29) is 0 Å². The molecule has 0 unspecified atom stereocenters. The van der Waals surface area contributed by atoms with E-state index in [1.54, 1.807) is 0 Å². The quantitative estimate of drug-likeness (QED) is 0.498. The van der Waals surface area contributed by atoms with Crippen LogP contribution in [-0.4, -0.2) is 54.1 Å². The van der Waals surface area contributed by atoms with E-state index >= 15 is 0 Å². The van der Waals surface area contributed by atoms with Crippen LogP contribution in [0.3, 0.4) is 0 Å². The van der Waals surface area contributed by atoms with Gasteiger partial charge in [-0.15, -0.1) is 0 Å². The summed E-state index contributed by atoms with van der Waals surface area (Å²) in [5, 5.41) is 1.37. The van der Waals surface area contributed by atoms with Gasteiger partial charge in [0.2, 0.25) is 0 Å². The van der Waals surface area contributed by atoms with Crippen LogP contribution in [0, 0.1) is 0 Å². The Morgan fingerprint density at radius 3 is 2.48 bits per heavy atom. The molecule has 3 aromatic rings. The van der Waals surface area contributed by atoms with Crippen molar-refractivity contribution in [2.75, 3.05) is 39.8 Å². The van der Waals surface area contributed by atoms with Crippen molar-refractivity contribution < 1.29 is 0 Å². The zero-order chi connectivity index (χ0) is 18.8. The van der Waals surface area contributed by atoms with Gasteiger partial charge in [0.15, 0.2) is 0 Å². The van der Waals surface area contributed by atoms with Crippen LogP contribution in [-0.2, 0) is 13.0 Å². The highest BCUT2D eigenvalue weighted by atomic mass is 79.9. The Morgan fingerprint density at radius 1 is 0.926 bits per heavy atom. The van der Waals surface area contributed by atoms with Gasteiger partial charge in [-0.1, -0.05) is 50.1 Å². The zero-order valence-electron chi connectivity index (χ0n) is 15.7. The van der Waals surface area contributed by atoms with Crippen LogP contribution in [0.25, 0.3) is 10.9 Å². The van der Waals surface area contributed by atoms with Gasteiger partial charge in [-0.3, -0.25) is 0 Å². The van der Waals surface area contributed by atoms with Crippen molar-refractivity contribution in [1.29, 1.82) is 0 Å². The summed E-state index contributed by atoms with van der Waals surface area (Å²) in [6.07, 6.45) is 3.45. The molecule has 1 aromatic heterocycles. The van der Waals surface area contributed by atoms with E-state index in [1.165, 1.54) is 52.7 Å². The molecule has 0 aliphatic carbocycles. The molecule has 142 valence electrons. The number of rotatable bonds is 5. The molecule has 27 heavy (non-hydrogen) atoms. The smallest absolute Gasteiger partial charge is 0.0487 e. The molecule has 1 fully saturated rings. The first-order valence-corrected chi connectivity index (χ1v) is 11.1. The number of hydrogen-bond donors (Lipinski definition) is 0. The van der Waals surface area contributed by atoms with E-state index in [1.807, 2.05) is 0 Å². The molecular formula is C22H25Br2N3. The molecule has 3 nitrogen and oxygen atoms in total. The second-order valence-corrected chi connectivity index (χ2v) is 9.20. The van der Waals surface area contributed by atoms with Gasteiger partial charge in [-0.2, -0.15) is 0 Å². The maximum atomic E-state index is 3.69. The molecule has 0 radical (unpaired) electrons. The molecule has 0 N–H and O–H groups in total. The van der Waals surface area contributed by atoms with Crippen LogP contribution < -0.4 is 0 Å². The SMILES string of the molecule is CN1CCN(CCc2cn(Cc3ccccc3Br)c3ccc(Br)cc23)CC1. The molecule has 0 bridgehead atoms. The number of piperazine rings is 1. The minimum Gasteiger partial charge on any atom is -0.343 e. The molecule has 0 spiro atoms. The van der Waals surface area contributed by atoms with Crippen molar-refractivity contribution in [2.45, 2.75) is 13.0 Å². The molecule has 2 heterocycles. The molecule has 0 atom stereocenters. The van der Waals surface area contributed by atoms with Crippen LogP contribution in [0.2, 0.25) is 0 Å². The van der Waals surface area contributed by atoms with Crippen molar-refractivity contribution in [2.24, 2.45) is 0 Å². The number of hydrogen-bond acceptors (Lipinski definition) is 2. The van der Waals surface area contributed by atoms with Gasteiger partial charge < -0.3 is 14.4 Å². The summed E-state index contributed by atoms with van der Waals surface area (Å²) in [5.74, 6) is 0. The van der Waals surface area contributed by atoms with Gasteiger partial charge in [0, 0.05) is 65.3 Å². The van der Waals surface area contributed by atoms with Crippen LogP contribution in [0.1, 0.15) is 11.1 Å². The normalized spacial score (nSPS) is 16.3. The topological polar surface area (TPSA) is 11.4 Å². The fourth-order valence-electron chi connectivity index (χ4n) is 3.83. The lowest BCUT2D eigenvalue weighted by Gasteiger charge is -2.32. The Bertz CT molecular complexity index is 926. The van der Waals surface area contributed by atoms with E-state index in [2.05, 4.69) is 102 Å². The number of fused-ring (bicyclic) bond motifs is 1. The van der Waals surface area contributed by atoms with Gasteiger partial charge >= 0.3 is 0 Å². The van der Waals surface area contributed by atoms with Gasteiger partial charge in [-0.25, -0.2) is 0 Å². The summed E-state index contributed by atoms with van der Waals surface area (Å²) in [6, 6.07) is 15.1. The second-order valence-electron chi connectivity index (χ2n) is 7.43. The van der Waals surface area contributed by atoms with Crippen molar-refractivity contribution in [3.05, 3.63) is 68.7 Å². The van der Waals surface area contributed by atoms with Gasteiger partial charge in [0.1, 0.15) is 0 Å². The Kier molecular flexibility index (Phi) is 6.02. The lowest BCUT2D eigenvalue weighted by Crippen LogP contribution is -2.45. The number of likely N-dealkylation sites (N-methyl/N-ethyl adjacent to an activating group) is 1. The van der Waals surface area contributed by atoms with Gasteiger partial charge in [0.25, 0.3) is 0 Å². The fourth-order valence-corrected chi connectivity index (χ4v) is 4.60. The van der Waals surface area contributed by atoms with Gasteiger partial charge in [-0.05, 0) is 48.9 Å². The monoisotopic (exact) mass is 489 g/mol. The Morgan fingerprint density at radius 2 is 1.70 bits per heavy atom. The molecule has 0 saturated carbocycles. The van der Waals surface area contributed by atoms with E-state index in [0.29, 0.717) is 0 Å². The lowest BCUT2D eigenvalue weighted by molar-refractivity contribution is 0.155. The van der Waals surface area contributed by atoms with Crippen LogP contribution in [0.5, 0.6) is 0 Å². The summed E-state index contributed by atoms with van der Waals surface area (Å²) in [4.78, 5) is 5.01. The third kappa shape index (κ3) is 4.48. The average Bonchev–Trinajstić information content (AvgIpc) is 3.00. The summed E-state index contributed by atoms with van der Waals surface area (Å²) < 4.78 is 4.71. The summed E-state index contributed by atoms with van der Waals surface area (Å²) in [6.45, 7) is 6.72. The molecule has 4 rings (SSSR count). The summed E-state index contributed by atoms with van der Waals surface area (Å²) in [5.41, 5.74) is 4.06. The lowest BCUT2D eigenvalue weighted by atomic mass is 10.1. The maximum Gasteiger partial charge on any atom is 0.0487 e. The molecule has 1 saturated heterocycles. The van der Waals surface area contributed by atoms with Crippen molar-refractivity contribution in [3.8, 4) is 0 Å². The first-order valence-electron chi connectivity index (χ1n) is 9.52. The van der Waals surface area contributed by atoms with E-state index in [9.17, 15) is 0 Å². The third-order valence-electron chi connectivity index (χ3n) is 5.52. The van der Waals surface area contributed by atoms with Crippen LogP contribution in [0.4, 0.5) is 0 Å². The number of nitrogens with zero attached hydrogens (tertiary/aromatic N) is 3. The zero-order valence-corrected chi connectivity index (χ0v) is 18.8. The molecule has 1 aliphatic rings. The second kappa shape index (κ2) is 8.48. The van der Waals surface area contributed by atoms with Crippen molar-refractivity contribution >= 4 is 42.8 Å². The summed E-state index contributed by atoms with van der Waals surface area (Å²) in [7, 11) is 2.21. The first kappa shape index (κ1) is 19.2. The van der Waals surface area contributed by atoms with Crippen molar-refractivity contribution in [3.63, 3.8) is 0 Å². The minimum absolute atomic E-state index is 0.883. The Balaban J connectivity index is 1.58. The molecule has 0 amide bonds. The maximum absolute atomic E-state index is 3.69. The predicted molar refractivity (Wildman–Crippen MR) is 121 cm³/mol. The first-order chi connectivity index (χ1) is 13.1. The molecule has 1 aliphatic heterocycles. The standard InChI is InChI=1S/C22H25Br2N3/c1-25-10-12-26(13-11-25)9-8-17-15-27(16-18-4-2-3-5-21(18)24)22-7-6-19(23)14-20(17)22/h2-7,14-15H,8-13,16H2,1H3. The molecule has 5 heteroatoms. The number of aromatic nitrogens is 1. The van der Waals surface area contributed by atoms with Crippen LogP contribution in [0.15, 0.2) is 57.6 Å². The number of benzene rings is 2. The summed E-state index contributed by atoms with van der Waals surface area (Å²) >= 11 is 7.35. The van der Waals surface area contributed by atoms with Gasteiger partial charge in [0.05, 0.1) is 0 Å². The van der Waals surface area contributed by atoms with E-state index in [4.69, 9.17) is 0 Å². The molecular weight excluding hydrogens is 466 g/mol. The predicted octanol–water partition coefficient (Wildman–Crippen LogP) is 5.00. The van der Waals surface area contributed by atoms with E-state index < -0.39 is 0 Å². The Hall–Kier alpha value is -1.14. The highest BCUT2D eigenvalue weighted by Gasteiger charge is 2.15. The highest BCUT2D eigenvalue weighted by Crippen LogP contribution is 2.28. The Labute approximate surface area is 178 Å². The number of halogens is 2. The largest absolute Gasteiger partial charge is 0.343 e. The average molecular weight is 491 g/mol. The highest BCUT2D eigenvalue weighted by molar-refractivity contribution is 9.10. The van der Waals surface area contributed by atoms with Crippen LogP contribution >= 0.6 is 31.9 Å². The minimum atomic E-state index is 0.883. The van der Waals surface area contributed by atoms with Crippen molar-refractivity contribution in [1.82, 2.24) is 14.4 Å².